The maximum atomic E-state index is 13.1. The summed E-state index contributed by atoms with van der Waals surface area (Å²) in [6.45, 7) is 8.88. The first-order chi connectivity index (χ1) is 24.3. The molecule has 0 saturated carbocycles. The van der Waals surface area contributed by atoms with Gasteiger partial charge in [0.15, 0.2) is 5.82 Å². The number of para-hydroxylation sites is 1. The van der Waals surface area contributed by atoms with Crippen LogP contribution in [0, 0.1) is 0 Å². The number of amides is 3. The standard InChI is InChI=1S/C37H43ClN8O5/c1-36(2,3)51-35(49)41-24-13-11-23(12-14-24)32(47)45-37(4)17-19-46(20-18-37)25-15-16-29(30(21-25)50-6)43-34-40-22-27(38)31(44-34)42-28-10-8-7-9-26(28)33(48)39-5/h7-16,21-22H,17-20H2,1-6H3,(H,39,48)(H,41,49)(H,45,47)(H2,40,42,43,44). The molecule has 1 aliphatic heterocycles. The minimum Gasteiger partial charge on any atom is -0.494 e. The minimum atomic E-state index is -0.607. The van der Waals surface area contributed by atoms with Crippen LogP contribution < -0.4 is 36.2 Å². The monoisotopic (exact) mass is 714 g/mol. The van der Waals surface area contributed by atoms with Crippen LogP contribution in [0.3, 0.4) is 0 Å². The van der Waals surface area contributed by atoms with Crippen LogP contribution in [0.2, 0.25) is 5.02 Å². The zero-order chi connectivity index (χ0) is 36.8. The molecule has 14 heteroatoms. The quantitative estimate of drug-likeness (QED) is 0.115. The largest absolute Gasteiger partial charge is 0.494 e. The lowest BCUT2D eigenvalue weighted by Gasteiger charge is -2.41. The Bertz CT molecular complexity index is 1890. The number of piperidine rings is 1. The molecule has 3 aromatic carbocycles. The van der Waals surface area contributed by atoms with Gasteiger partial charge in [-0.1, -0.05) is 23.7 Å². The fourth-order valence-electron chi connectivity index (χ4n) is 5.52. The van der Waals surface area contributed by atoms with Gasteiger partial charge in [0, 0.05) is 48.7 Å². The van der Waals surface area contributed by atoms with Crippen molar-refractivity contribution in [2.45, 2.75) is 51.7 Å². The minimum absolute atomic E-state index is 0.176. The van der Waals surface area contributed by atoms with Crippen molar-refractivity contribution in [2.24, 2.45) is 0 Å². The Hall–Kier alpha value is -5.56. The van der Waals surface area contributed by atoms with Crippen LogP contribution in [0.4, 0.5) is 39.3 Å². The predicted molar refractivity (Wildman–Crippen MR) is 200 cm³/mol. The number of benzene rings is 3. The first kappa shape index (κ1) is 36.7. The van der Waals surface area contributed by atoms with Gasteiger partial charge >= 0.3 is 6.09 Å². The zero-order valence-electron chi connectivity index (χ0n) is 29.5. The summed E-state index contributed by atoms with van der Waals surface area (Å²) < 4.78 is 11.0. The van der Waals surface area contributed by atoms with Crippen LogP contribution in [0.15, 0.2) is 72.9 Å². The number of nitrogens with zero attached hydrogens (tertiary/aromatic N) is 3. The third-order valence-corrected chi connectivity index (χ3v) is 8.54. The Morgan fingerprint density at radius 2 is 1.63 bits per heavy atom. The molecule has 0 aliphatic carbocycles. The van der Waals surface area contributed by atoms with Gasteiger partial charge in [-0.3, -0.25) is 14.9 Å². The Morgan fingerprint density at radius 1 is 0.922 bits per heavy atom. The molecule has 1 aliphatic rings. The second-order valence-corrected chi connectivity index (χ2v) is 13.8. The predicted octanol–water partition coefficient (Wildman–Crippen LogP) is 7.12. The summed E-state index contributed by atoms with van der Waals surface area (Å²) >= 11 is 6.41. The molecule has 0 bridgehead atoms. The molecule has 1 saturated heterocycles. The summed E-state index contributed by atoms with van der Waals surface area (Å²) in [5, 5.41) is 15.2. The van der Waals surface area contributed by atoms with E-state index in [2.05, 4.69) is 48.4 Å². The molecule has 13 nitrogen and oxygen atoms in total. The van der Waals surface area contributed by atoms with Crippen LogP contribution in [0.25, 0.3) is 0 Å². The molecular formula is C37H43ClN8O5. The number of methoxy groups -OCH3 is 1. The number of halogens is 1. The van der Waals surface area contributed by atoms with Crippen LogP contribution in [-0.2, 0) is 4.74 Å². The van der Waals surface area contributed by atoms with Crippen molar-refractivity contribution in [1.29, 1.82) is 0 Å². The average Bonchev–Trinajstić information content (AvgIpc) is 3.09. The molecule has 0 unspecified atom stereocenters. The summed E-state index contributed by atoms with van der Waals surface area (Å²) in [4.78, 5) is 48.7. The van der Waals surface area contributed by atoms with E-state index in [1.807, 2.05) is 24.3 Å². The summed E-state index contributed by atoms with van der Waals surface area (Å²) in [5.74, 6) is 0.787. The highest BCUT2D eigenvalue weighted by Crippen LogP contribution is 2.35. The number of anilines is 6. The Labute approximate surface area is 302 Å². The second kappa shape index (κ2) is 15.5. The number of carbonyl (C=O) groups excluding carboxylic acids is 3. The average molecular weight is 715 g/mol. The summed E-state index contributed by atoms with van der Waals surface area (Å²) in [6.07, 6.45) is 2.39. The van der Waals surface area contributed by atoms with Gasteiger partial charge in [0.05, 0.1) is 30.2 Å². The molecule has 0 atom stereocenters. The van der Waals surface area contributed by atoms with E-state index in [4.69, 9.17) is 21.1 Å². The van der Waals surface area contributed by atoms with E-state index in [1.54, 1.807) is 77.4 Å². The van der Waals surface area contributed by atoms with Crippen LogP contribution in [0.5, 0.6) is 5.75 Å². The first-order valence-electron chi connectivity index (χ1n) is 16.5. The molecule has 0 radical (unpaired) electrons. The Kier molecular flexibility index (Phi) is 11.2. The third-order valence-electron chi connectivity index (χ3n) is 8.27. The fourth-order valence-corrected chi connectivity index (χ4v) is 5.66. The lowest BCUT2D eigenvalue weighted by molar-refractivity contribution is 0.0635. The van der Waals surface area contributed by atoms with Gasteiger partial charge in [0.1, 0.15) is 16.4 Å². The van der Waals surface area contributed by atoms with E-state index < -0.39 is 17.2 Å². The molecule has 51 heavy (non-hydrogen) atoms. The van der Waals surface area contributed by atoms with Crippen molar-refractivity contribution in [3.63, 3.8) is 0 Å². The topological polar surface area (TPSA) is 159 Å². The van der Waals surface area contributed by atoms with Crippen LogP contribution in [-0.4, -0.2) is 66.3 Å². The number of rotatable bonds is 10. The van der Waals surface area contributed by atoms with Gasteiger partial charge in [0.25, 0.3) is 11.8 Å². The molecule has 3 amide bonds. The maximum Gasteiger partial charge on any atom is 0.412 e. The van der Waals surface area contributed by atoms with Crippen LogP contribution >= 0.6 is 11.6 Å². The highest BCUT2D eigenvalue weighted by atomic mass is 35.5. The molecule has 1 fully saturated rings. The highest BCUT2D eigenvalue weighted by molar-refractivity contribution is 6.33. The summed E-state index contributed by atoms with van der Waals surface area (Å²) in [7, 11) is 3.16. The van der Waals surface area contributed by atoms with E-state index in [1.165, 1.54) is 6.20 Å². The van der Waals surface area contributed by atoms with E-state index in [-0.39, 0.29) is 22.8 Å². The number of hydrogen-bond acceptors (Lipinski definition) is 10. The van der Waals surface area contributed by atoms with Crippen molar-refractivity contribution < 1.29 is 23.9 Å². The molecule has 1 aromatic heterocycles. The lowest BCUT2D eigenvalue weighted by atomic mass is 9.89. The van der Waals surface area contributed by atoms with Crippen molar-refractivity contribution in [1.82, 2.24) is 20.6 Å². The van der Waals surface area contributed by atoms with E-state index in [0.717, 1.165) is 31.6 Å². The number of aromatic nitrogens is 2. The number of nitrogens with one attached hydrogen (secondary N) is 5. The highest BCUT2D eigenvalue weighted by Gasteiger charge is 2.32. The molecule has 5 rings (SSSR count). The van der Waals surface area contributed by atoms with E-state index >= 15 is 0 Å². The fraction of sp³-hybridized carbons (Fsp3) is 0.324. The summed E-state index contributed by atoms with van der Waals surface area (Å²) in [6, 6.07) is 19.6. The number of ether oxygens (including phenoxy) is 2. The molecule has 268 valence electrons. The molecule has 5 N–H and O–H groups in total. The SMILES string of the molecule is CNC(=O)c1ccccc1Nc1nc(Nc2ccc(N3CCC(C)(NC(=O)c4ccc(NC(=O)OC(C)(C)C)cc4)CC3)cc2OC)ncc1Cl. The van der Waals surface area contributed by atoms with Gasteiger partial charge < -0.3 is 35.6 Å². The molecular weight excluding hydrogens is 672 g/mol. The Balaban J connectivity index is 1.19. The van der Waals surface area contributed by atoms with Crippen molar-refractivity contribution in [2.75, 3.05) is 48.1 Å². The summed E-state index contributed by atoms with van der Waals surface area (Å²) in [5.41, 5.74) is 2.66. The van der Waals surface area contributed by atoms with Gasteiger partial charge in [-0.25, -0.2) is 9.78 Å². The van der Waals surface area contributed by atoms with Crippen molar-refractivity contribution in [3.05, 3.63) is 89.1 Å². The van der Waals surface area contributed by atoms with E-state index in [9.17, 15) is 14.4 Å². The number of carbonyl (C=O) groups is 3. The smallest absolute Gasteiger partial charge is 0.412 e. The van der Waals surface area contributed by atoms with Gasteiger partial charge in [-0.15, -0.1) is 0 Å². The Morgan fingerprint density at radius 3 is 2.29 bits per heavy atom. The molecule has 2 heterocycles. The van der Waals surface area contributed by atoms with Gasteiger partial charge in [0.2, 0.25) is 5.95 Å². The van der Waals surface area contributed by atoms with Gasteiger partial charge in [-0.05, 0) is 89.1 Å². The maximum absolute atomic E-state index is 13.1. The van der Waals surface area contributed by atoms with Gasteiger partial charge in [-0.2, -0.15) is 4.98 Å². The molecule has 0 spiro atoms. The number of hydrogen-bond donors (Lipinski definition) is 5. The van der Waals surface area contributed by atoms with E-state index in [0.29, 0.717) is 39.8 Å². The van der Waals surface area contributed by atoms with Crippen LogP contribution in [0.1, 0.15) is 61.3 Å². The van der Waals surface area contributed by atoms with Crippen molar-refractivity contribution >= 4 is 64.0 Å². The molecule has 4 aromatic rings. The first-order valence-corrected chi connectivity index (χ1v) is 16.9. The normalized spacial score (nSPS) is 13.8. The van der Waals surface area contributed by atoms with Crippen molar-refractivity contribution in [3.8, 4) is 5.75 Å². The zero-order valence-corrected chi connectivity index (χ0v) is 30.3. The second-order valence-electron chi connectivity index (χ2n) is 13.4. The lowest BCUT2D eigenvalue weighted by Crippen LogP contribution is -2.53. The third kappa shape index (κ3) is 9.57.